The van der Waals surface area contributed by atoms with E-state index in [1.54, 1.807) is 24.5 Å². The summed E-state index contributed by atoms with van der Waals surface area (Å²) in [6.45, 7) is 0. The van der Waals surface area contributed by atoms with Gasteiger partial charge in [0, 0.05) is 11.1 Å². The lowest BCUT2D eigenvalue weighted by Crippen LogP contribution is -2.18. The summed E-state index contributed by atoms with van der Waals surface area (Å²) in [6.07, 6.45) is 6.51. The molecule has 3 rings (SSSR count). The summed E-state index contributed by atoms with van der Waals surface area (Å²) in [7, 11) is 0. The van der Waals surface area contributed by atoms with Crippen molar-refractivity contribution in [1.82, 2.24) is 0 Å². The van der Waals surface area contributed by atoms with Crippen LogP contribution in [0.1, 0.15) is 17.2 Å². The minimum Gasteiger partial charge on any atom is -0.489 e. The number of rotatable bonds is 1. The van der Waals surface area contributed by atoms with E-state index in [1.165, 1.54) is 0 Å². The van der Waals surface area contributed by atoms with Crippen LogP contribution < -0.4 is 0 Å². The highest BCUT2D eigenvalue weighted by atomic mass is 16.5. The van der Waals surface area contributed by atoms with Crippen LogP contribution in [-0.2, 0) is 9.53 Å². The summed E-state index contributed by atoms with van der Waals surface area (Å²) in [6, 6.07) is 7.68. The first kappa shape index (κ1) is 9.90. The van der Waals surface area contributed by atoms with Crippen molar-refractivity contribution in [3.8, 4) is 0 Å². The van der Waals surface area contributed by atoms with Crippen molar-refractivity contribution >= 4 is 12.0 Å². The Hall–Kier alpha value is -2.29. The third-order valence-electron chi connectivity index (χ3n) is 2.97. The molecule has 3 nitrogen and oxygen atoms in total. The van der Waals surface area contributed by atoms with Crippen LogP contribution in [0.15, 0.2) is 53.8 Å². The van der Waals surface area contributed by atoms with Crippen molar-refractivity contribution in [2.75, 3.05) is 0 Å². The number of carbonyl (C=O) groups is 1. The summed E-state index contributed by atoms with van der Waals surface area (Å²) in [5.74, 6) is -0.922. The zero-order chi connectivity index (χ0) is 11.8. The van der Waals surface area contributed by atoms with Gasteiger partial charge in [0.2, 0.25) is 0 Å². The summed E-state index contributed by atoms with van der Waals surface area (Å²) >= 11 is 0. The van der Waals surface area contributed by atoms with Crippen molar-refractivity contribution in [2.45, 2.75) is 6.10 Å². The SMILES string of the molecule is O=C(O)C1=Cc2ccccc2C2OC=CC=C12. The Morgan fingerprint density at radius 2 is 2.12 bits per heavy atom. The van der Waals surface area contributed by atoms with Gasteiger partial charge in [-0.2, -0.15) is 0 Å². The molecule has 1 aliphatic heterocycles. The van der Waals surface area contributed by atoms with E-state index in [0.29, 0.717) is 11.1 Å². The molecule has 0 spiro atoms. The molecule has 0 aromatic heterocycles. The lowest BCUT2D eigenvalue weighted by molar-refractivity contribution is -0.132. The minimum absolute atomic E-state index is 0.299. The van der Waals surface area contributed by atoms with Gasteiger partial charge in [-0.05, 0) is 17.7 Å². The second-order valence-electron chi connectivity index (χ2n) is 3.96. The largest absolute Gasteiger partial charge is 0.489 e. The van der Waals surface area contributed by atoms with Gasteiger partial charge in [-0.15, -0.1) is 0 Å². The number of carboxylic acid groups (broad SMARTS) is 1. The van der Waals surface area contributed by atoms with E-state index in [-0.39, 0.29) is 6.10 Å². The fourth-order valence-electron chi connectivity index (χ4n) is 2.20. The number of aliphatic carboxylic acids is 1. The lowest BCUT2D eigenvalue weighted by Gasteiger charge is -2.28. The second-order valence-corrected chi connectivity index (χ2v) is 3.96. The van der Waals surface area contributed by atoms with Gasteiger partial charge >= 0.3 is 5.97 Å². The van der Waals surface area contributed by atoms with Crippen molar-refractivity contribution in [3.63, 3.8) is 0 Å². The molecule has 0 amide bonds. The quantitative estimate of drug-likeness (QED) is 0.800. The van der Waals surface area contributed by atoms with E-state index in [2.05, 4.69) is 0 Å². The average molecular weight is 226 g/mol. The van der Waals surface area contributed by atoms with Gasteiger partial charge in [0.25, 0.3) is 0 Å². The molecule has 84 valence electrons. The van der Waals surface area contributed by atoms with E-state index < -0.39 is 5.97 Å². The Morgan fingerprint density at radius 3 is 2.94 bits per heavy atom. The van der Waals surface area contributed by atoms with Crippen LogP contribution in [0.2, 0.25) is 0 Å². The first-order valence-electron chi connectivity index (χ1n) is 5.34. The maximum atomic E-state index is 11.2. The van der Waals surface area contributed by atoms with Gasteiger partial charge in [-0.1, -0.05) is 30.3 Å². The molecule has 17 heavy (non-hydrogen) atoms. The van der Waals surface area contributed by atoms with Crippen LogP contribution in [0.25, 0.3) is 6.08 Å². The van der Waals surface area contributed by atoms with Crippen LogP contribution in [0.3, 0.4) is 0 Å². The highest BCUT2D eigenvalue weighted by Gasteiger charge is 2.30. The van der Waals surface area contributed by atoms with Crippen molar-refractivity contribution < 1.29 is 14.6 Å². The molecule has 0 saturated heterocycles. The predicted octanol–water partition coefficient (Wildman–Crippen LogP) is 2.68. The molecular weight excluding hydrogens is 216 g/mol. The topological polar surface area (TPSA) is 46.5 Å². The highest BCUT2D eigenvalue weighted by molar-refractivity contribution is 5.99. The highest BCUT2D eigenvalue weighted by Crippen LogP contribution is 2.40. The van der Waals surface area contributed by atoms with Gasteiger partial charge in [-0.25, -0.2) is 4.79 Å². The Balaban J connectivity index is 2.24. The van der Waals surface area contributed by atoms with Crippen LogP contribution in [0, 0.1) is 0 Å². The number of ether oxygens (including phenoxy) is 1. The Morgan fingerprint density at radius 1 is 1.29 bits per heavy atom. The van der Waals surface area contributed by atoms with Gasteiger partial charge in [0.15, 0.2) is 0 Å². The number of carboxylic acids is 1. The van der Waals surface area contributed by atoms with Crippen LogP contribution in [0.4, 0.5) is 0 Å². The first-order valence-corrected chi connectivity index (χ1v) is 5.34. The maximum Gasteiger partial charge on any atom is 0.336 e. The number of hydrogen-bond donors (Lipinski definition) is 1. The molecule has 1 aromatic rings. The molecule has 1 unspecified atom stereocenters. The third-order valence-corrected chi connectivity index (χ3v) is 2.97. The molecule has 0 radical (unpaired) electrons. The average Bonchev–Trinajstić information content (AvgIpc) is 2.37. The van der Waals surface area contributed by atoms with Crippen molar-refractivity contribution in [2.24, 2.45) is 0 Å². The lowest BCUT2D eigenvalue weighted by atomic mass is 9.84. The molecule has 1 aliphatic carbocycles. The number of hydrogen-bond acceptors (Lipinski definition) is 2. The van der Waals surface area contributed by atoms with E-state index in [9.17, 15) is 9.90 Å². The fraction of sp³-hybridized carbons (Fsp3) is 0.0714. The van der Waals surface area contributed by atoms with Crippen LogP contribution >= 0.6 is 0 Å². The normalized spacial score (nSPS) is 20.6. The summed E-state index contributed by atoms with van der Waals surface area (Å²) in [5.41, 5.74) is 2.92. The monoisotopic (exact) mass is 226 g/mol. The zero-order valence-corrected chi connectivity index (χ0v) is 8.96. The Labute approximate surface area is 98.3 Å². The fourth-order valence-corrected chi connectivity index (χ4v) is 2.20. The number of benzene rings is 1. The van der Waals surface area contributed by atoms with E-state index >= 15 is 0 Å². The van der Waals surface area contributed by atoms with Gasteiger partial charge < -0.3 is 9.84 Å². The summed E-state index contributed by atoms with van der Waals surface area (Å²) in [5, 5.41) is 9.21. The molecule has 3 heteroatoms. The predicted molar refractivity (Wildman–Crippen MR) is 63.1 cm³/mol. The van der Waals surface area contributed by atoms with E-state index in [0.717, 1.165) is 11.1 Å². The van der Waals surface area contributed by atoms with Crippen molar-refractivity contribution in [1.29, 1.82) is 0 Å². The molecule has 1 N–H and O–H groups in total. The Kier molecular flexibility index (Phi) is 2.11. The smallest absolute Gasteiger partial charge is 0.336 e. The van der Waals surface area contributed by atoms with Crippen LogP contribution in [-0.4, -0.2) is 11.1 Å². The molecule has 2 aliphatic rings. The standard InChI is InChI=1S/C14H10O3/c15-14(16)12-8-9-4-1-2-5-10(9)13-11(12)6-3-7-17-13/h1-8,13H,(H,15,16). The zero-order valence-electron chi connectivity index (χ0n) is 8.96. The summed E-state index contributed by atoms with van der Waals surface area (Å²) in [4.78, 5) is 11.2. The number of allylic oxidation sites excluding steroid dienone is 2. The molecule has 0 saturated carbocycles. The van der Waals surface area contributed by atoms with Crippen molar-refractivity contribution in [3.05, 3.63) is 65.0 Å². The molecule has 0 fully saturated rings. The second kappa shape index (κ2) is 3.63. The van der Waals surface area contributed by atoms with Gasteiger partial charge in [0.1, 0.15) is 6.10 Å². The minimum atomic E-state index is -0.922. The maximum absolute atomic E-state index is 11.2. The molecule has 1 aromatic carbocycles. The number of fused-ring (bicyclic) bond motifs is 3. The van der Waals surface area contributed by atoms with Crippen LogP contribution in [0.5, 0.6) is 0 Å². The summed E-state index contributed by atoms with van der Waals surface area (Å²) < 4.78 is 5.54. The third kappa shape index (κ3) is 1.47. The Bertz CT molecular complexity index is 579. The molecule has 1 atom stereocenters. The molecule has 0 bridgehead atoms. The molecule has 1 heterocycles. The van der Waals surface area contributed by atoms with E-state index in [1.807, 2.05) is 24.3 Å². The molecular formula is C14H10O3. The first-order chi connectivity index (χ1) is 8.27. The van der Waals surface area contributed by atoms with Gasteiger partial charge in [0.05, 0.1) is 11.8 Å². The van der Waals surface area contributed by atoms with Gasteiger partial charge in [-0.3, -0.25) is 0 Å². The van der Waals surface area contributed by atoms with E-state index in [4.69, 9.17) is 4.74 Å².